The summed E-state index contributed by atoms with van der Waals surface area (Å²) in [7, 11) is 1.67. The lowest BCUT2D eigenvalue weighted by molar-refractivity contribution is 0.412. The van der Waals surface area contributed by atoms with E-state index in [9.17, 15) is 0 Å². The van der Waals surface area contributed by atoms with E-state index in [1.165, 1.54) is 16.7 Å². The molecule has 2 aromatic carbocycles. The highest BCUT2D eigenvalue weighted by Gasteiger charge is 2.16. The maximum atomic E-state index is 5.79. The van der Waals surface area contributed by atoms with Gasteiger partial charge < -0.3 is 4.74 Å². The van der Waals surface area contributed by atoms with Crippen LogP contribution in [0.1, 0.15) is 28.3 Å². The molecule has 0 radical (unpaired) electrons. The van der Waals surface area contributed by atoms with E-state index in [1.807, 2.05) is 18.2 Å². The number of hydrazine groups is 1. The summed E-state index contributed by atoms with van der Waals surface area (Å²) in [6.45, 7) is 4.23. The first kappa shape index (κ1) is 16.0. The molecule has 21 heavy (non-hydrogen) atoms. The number of ether oxygens (including phenoxy) is 1. The summed E-state index contributed by atoms with van der Waals surface area (Å²) in [5, 5.41) is 0. The van der Waals surface area contributed by atoms with Gasteiger partial charge in [-0.2, -0.15) is 0 Å². The summed E-state index contributed by atoms with van der Waals surface area (Å²) >= 11 is 3.60. The van der Waals surface area contributed by atoms with Crippen LogP contribution in [0.3, 0.4) is 0 Å². The van der Waals surface area contributed by atoms with Gasteiger partial charge >= 0.3 is 0 Å². The summed E-state index contributed by atoms with van der Waals surface area (Å²) in [4.78, 5) is 0. The van der Waals surface area contributed by atoms with E-state index in [0.717, 1.165) is 22.2 Å². The van der Waals surface area contributed by atoms with Crippen LogP contribution in [-0.2, 0) is 6.42 Å². The van der Waals surface area contributed by atoms with Crippen molar-refractivity contribution in [1.82, 2.24) is 5.43 Å². The van der Waals surface area contributed by atoms with Crippen molar-refractivity contribution in [2.75, 3.05) is 7.11 Å². The minimum absolute atomic E-state index is 0.0231. The minimum Gasteiger partial charge on any atom is -0.497 e. The molecule has 0 amide bonds. The Labute approximate surface area is 134 Å². The Morgan fingerprint density at radius 2 is 1.95 bits per heavy atom. The Kier molecular flexibility index (Phi) is 5.39. The normalized spacial score (nSPS) is 12.2. The van der Waals surface area contributed by atoms with Crippen molar-refractivity contribution in [2.45, 2.75) is 26.3 Å². The molecule has 0 aliphatic carbocycles. The second-order valence-electron chi connectivity index (χ2n) is 5.24. The molecule has 1 unspecified atom stereocenters. The van der Waals surface area contributed by atoms with E-state index >= 15 is 0 Å². The van der Waals surface area contributed by atoms with Crippen LogP contribution in [0, 0.1) is 13.8 Å². The van der Waals surface area contributed by atoms with Crippen molar-refractivity contribution >= 4 is 15.9 Å². The molecule has 0 heterocycles. The lowest BCUT2D eigenvalue weighted by Gasteiger charge is -2.20. The van der Waals surface area contributed by atoms with Crippen molar-refractivity contribution in [2.24, 2.45) is 5.84 Å². The number of nitrogens with two attached hydrogens (primary N) is 1. The van der Waals surface area contributed by atoms with Gasteiger partial charge in [0.1, 0.15) is 5.75 Å². The molecule has 0 aromatic heterocycles. The number of hydrogen-bond acceptors (Lipinski definition) is 3. The summed E-state index contributed by atoms with van der Waals surface area (Å²) in [6.07, 6.45) is 0.829. The number of methoxy groups -OCH3 is 1. The van der Waals surface area contributed by atoms with Crippen LogP contribution >= 0.6 is 15.9 Å². The molecule has 2 rings (SSSR count). The third-order valence-electron chi connectivity index (χ3n) is 3.71. The highest BCUT2D eigenvalue weighted by molar-refractivity contribution is 9.10. The third-order valence-corrected chi connectivity index (χ3v) is 4.43. The molecule has 4 heteroatoms. The molecule has 2 aromatic rings. The maximum Gasteiger partial charge on any atom is 0.119 e. The van der Waals surface area contributed by atoms with Gasteiger partial charge in [0.25, 0.3) is 0 Å². The van der Waals surface area contributed by atoms with Crippen molar-refractivity contribution in [3.05, 3.63) is 63.1 Å². The average molecular weight is 349 g/mol. The van der Waals surface area contributed by atoms with Crippen molar-refractivity contribution < 1.29 is 4.74 Å². The smallest absolute Gasteiger partial charge is 0.119 e. The van der Waals surface area contributed by atoms with E-state index in [1.54, 1.807) is 7.11 Å². The van der Waals surface area contributed by atoms with Crippen molar-refractivity contribution in [3.8, 4) is 5.75 Å². The second-order valence-corrected chi connectivity index (χ2v) is 6.10. The first-order valence-corrected chi connectivity index (χ1v) is 7.70. The molecule has 1 atom stereocenters. The molecular formula is C17H21BrN2O. The van der Waals surface area contributed by atoms with Gasteiger partial charge in [-0.3, -0.25) is 11.3 Å². The van der Waals surface area contributed by atoms with E-state index in [-0.39, 0.29) is 6.04 Å². The van der Waals surface area contributed by atoms with Gasteiger partial charge in [0.05, 0.1) is 13.2 Å². The molecule has 0 saturated carbocycles. The SMILES string of the molecule is COc1ccc(Br)c(C(Cc2cc(C)ccc2C)NN)c1. The lowest BCUT2D eigenvalue weighted by Crippen LogP contribution is -2.30. The molecule has 0 saturated heterocycles. The topological polar surface area (TPSA) is 47.3 Å². The van der Waals surface area contributed by atoms with E-state index < -0.39 is 0 Å². The van der Waals surface area contributed by atoms with Crippen molar-refractivity contribution in [3.63, 3.8) is 0 Å². The third kappa shape index (κ3) is 3.84. The van der Waals surface area contributed by atoms with Gasteiger partial charge in [0.2, 0.25) is 0 Å². The predicted molar refractivity (Wildman–Crippen MR) is 90.4 cm³/mol. The van der Waals surface area contributed by atoms with Crippen LogP contribution in [0.25, 0.3) is 0 Å². The predicted octanol–water partition coefficient (Wildman–Crippen LogP) is 3.82. The van der Waals surface area contributed by atoms with Crippen LogP contribution in [0.4, 0.5) is 0 Å². The summed E-state index contributed by atoms with van der Waals surface area (Å²) < 4.78 is 6.33. The van der Waals surface area contributed by atoms with Crippen LogP contribution in [-0.4, -0.2) is 7.11 Å². The Balaban J connectivity index is 2.34. The number of rotatable bonds is 5. The summed E-state index contributed by atoms with van der Waals surface area (Å²) in [5.74, 6) is 6.62. The first-order chi connectivity index (χ1) is 10.0. The first-order valence-electron chi connectivity index (χ1n) is 6.91. The molecule has 0 aliphatic heterocycles. The van der Waals surface area contributed by atoms with Gasteiger partial charge in [-0.25, -0.2) is 0 Å². The lowest BCUT2D eigenvalue weighted by atomic mass is 9.95. The quantitative estimate of drug-likeness (QED) is 0.637. The zero-order valence-corrected chi connectivity index (χ0v) is 14.2. The zero-order valence-electron chi connectivity index (χ0n) is 12.6. The minimum atomic E-state index is 0.0231. The molecule has 112 valence electrons. The number of nitrogens with one attached hydrogen (secondary N) is 1. The molecule has 0 aliphatic rings. The van der Waals surface area contributed by atoms with Crippen molar-refractivity contribution in [1.29, 1.82) is 0 Å². The van der Waals surface area contributed by atoms with Crippen LogP contribution in [0.15, 0.2) is 40.9 Å². The van der Waals surface area contributed by atoms with Crippen LogP contribution in [0.5, 0.6) is 5.75 Å². The largest absolute Gasteiger partial charge is 0.497 e. The fourth-order valence-electron chi connectivity index (χ4n) is 2.41. The molecule has 3 nitrogen and oxygen atoms in total. The molecule has 0 bridgehead atoms. The second kappa shape index (κ2) is 7.07. The molecular weight excluding hydrogens is 328 g/mol. The molecule has 0 spiro atoms. The Morgan fingerprint density at radius 3 is 2.62 bits per heavy atom. The Morgan fingerprint density at radius 1 is 1.19 bits per heavy atom. The van der Waals surface area contributed by atoms with Gasteiger partial charge in [-0.1, -0.05) is 39.7 Å². The number of hydrogen-bond donors (Lipinski definition) is 2. The summed E-state index contributed by atoms with van der Waals surface area (Å²) in [6, 6.07) is 12.5. The molecule has 0 fully saturated rings. The monoisotopic (exact) mass is 348 g/mol. The van der Waals surface area contributed by atoms with Crippen LogP contribution in [0.2, 0.25) is 0 Å². The highest BCUT2D eigenvalue weighted by atomic mass is 79.9. The highest BCUT2D eigenvalue weighted by Crippen LogP contribution is 2.30. The van der Waals surface area contributed by atoms with Gasteiger partial charge in [0.15, 0.2) is 0 Å². The maximum absolute atomic E-state index is 5.79. The van der Waals surface area contributed by atoms with E-state index in [2.05, 4.69) is 53.4 Å². The molecule has 3 N–H and O–H groups in total. The van der Waals surface area contributed by atoms with Gasteiger partial charge in [0, 0.05) is 4.47 Å². The fraction of sp³-hybridized carbons (Fsp3) is 0.294. The van der Waals surface area contributed by atoms with E-state index in [0.29, 0.717) is 0 Å². The van der Waals surface area contributed by atoms with Gasteiger partial charge in [-0.05, 0) is 55.2 Å². The zero-order chi connectivity index (χ0) is 15.4. The standard InChI is InChI=1S/C17H21BrN2O/c1-11-4-5-12(2)13(8-11)9-17(20-19)15-10-14(21-3)6-7-16(15)18/h4-8,10,17,20H,9,19H2,1-3H3. The number of benzene rings is 2. The number of halogens is 1. The fourth-order valence-corrected chi connectivity index (χ4v) is 2.94. The Hall–Kier alpha value is -1.36. The van der Waals surface area contributed by atoms with Gasteiger partial charge in [-0.15, -0.1) is 0 Å². The summed E-state index contributed by atoms with van der Waals surface area (Å²) in [5.41, 5.74) is 7.85. The Bertz CT molecular complexity index is 628. The van der Waals surface area contributed by atoms with E-state index in [4.69, 9.17) is 10.6 Å². The van der Waals surface area contributed by atoms with Crippen LogP contribution < -0.4 is 16.0 Å². The number of aryl methyl sites for hydroxylation is 2. The average Bonchev–Trinajstić information content (AvgIpc) is 2.49.